The van der Waals surface area contributed by atoms with E-state index in [4.69, 9.17) is 10.5 Å². The van der Waals surface area contributed by atoms with Crippen molar-refractivity contribution in [1.82, 2.24) is 0 Å². The van der Waals surface area contributed by atoms with Gasteiger partial charge in [0.25, 0.3) is 0 Å². The summed E-state index contributed by atoms with van der Waals surface area (Å²) < 4.78 is 19.1. The maximum absolute atomic E-state index is 13.4. The summed E-state index contributed by atoms with van der Waals surface area (Å²) in [5.74, 6) is 0.937. The van der Waals surface area contributed by atoms with Crippen LogP contribution >= 0.6 is 0 Å². The minimum atomic E-state index is -0.260. The Balaban J connectivity index is 2.16. The zero-order valence-corrected chi connectivity index (χ0v) is 11.2. The summed E-state index contributed by atoms with van der Waals surface area (Å²) in [5.41, 5.74) is 7.49. The van der Waals surface area contributed by atoms with Crippen LogP contribution in [0.25, 0.3) is 0 Å². The molecule has 1 atom stereocenters. The van der Waals surface area contributed by atoms with Crippen LogP contribution in [0.4, 0.5) is 4.39 Å². The highest BCUT2D eigenvalue weighted by molar-refractivity contribution is 5.35. The first-order valence-electron chi connectivity index (χ1n) is 6.33. The van der Waals surface area contributed by atoms with Crippen molar-refractivity contribution in [3.8, 4) is 11.5 Å². The molecule has 0 aliphatic carbocycles. The number of ether oxygens (including phenoxy) is 1. The fourth-order valence-electron chi connectivity index (χ4n) is 1.88. The summed E-state index contributed by atoms with van der Waals surface area (Å²) in [5, 5.41) is 0. The molecule has 2 nitrogen and oxygen atoms in total. The van der Waals surface area contributed by atoms with Gasteiger partial charge < -0.3 is 10.5 Å². The maximum atomic E-state index is 13.4. The highest BCUT2D eigenvalue weighted by Crippen LogP contribution is 2.24. The molecule has 2 N–H and O–H groups in total. The van der Waals surface area contributed by atoms with E-state index in [0.717, 1.165) is 12.0 Å². The van der Waals surface area contributed by atoms with E-state index in [-0.39, 0.29) is 11.9 Å². The molecule has 2 aromatic carbocycles. The van der Waals surface area contributed by atoms with Crippen molar-refractivity contribution in [2.45, 2.75) is 26.3 Å². The first kappa shape index (κ1) is 13.6. The Bertz CT molecular complexity index is 566. The van der Waals surface area contributed by atoms with Gasteiger partial charge in [0.1, 0.15) is 17.3 Å². The number of halogens is 1. The fourth-order valence-corrected chi connectivity index (χ4v) is 1.88. The zero-order chi connectivity index (χ0) is 13.8. The first-order chi connectivity index (χ1) is 9.04. The monoisotopic (exact) mass is 259 g/mol. The molecular weight excluding hydrogens is 241 g/mol. The molecule has 0 aliphatic heterocycles. The quantitative estimate of drug-likeness (QED) is 0.906. The molecule has 3 heteroatoms. The Morgan fingerprint density at radius 3 is 2.58 bits per heavy atom. The van der Waals surface area contributed by atoms with Gasteiger partial charge in [-0.3, -0.25) is 0 Å². The number of aryl methyl sites for hydroxylation is 1. The third kappa shape index (κ3) is 3.80. The Hall–Kier alpha value is -1.87. The molecule has 2 rings (SSSR count). The van der Waals surface area contributed by atoms with Crippen LogP contribution in [-0.4, -0.2) is 6.04 Å². The van der Waals surface area contributed by atoms with Crippen LogP contribution in [0.15, 0.2) is 42.5 Å². The Kier molecular flexibility index (Phi) is 4.17. The van der Waals surface area contributed by atoms with E-state index < -0.39 is 0 Å². The number of rotatable bonds is 4. The van der Waals surface area contributed by atoms with Crippen molar-refractivity contribution >= 4 is 0 Å². The van der Waals surface area contributed by atoms with Crippen LogP contribution < -0.4 is 10.5 Å². The van der Waals surface area contributed by atoms with Crippen molar-refractivity contribution < 1.29 is 9.13 Å². The summed E-state index contributed by atoms with van der Waals surface area (Å²) in [6, 6.07) is 12.7. The summed E-state index contributed by atoms with van der Waals surface area (Å²) in [4.78, 5) is 0. The molecule has 19 heavy (non-hydrogen) atoms. The molecule has 100 valence electrons. The average Bonchev–Trinajstić information content (AvgIpc) is 2.33. The third-order valence-corrected chi connectivity index (χ3v) is 2.84. The molecule has 0 saturated heterocycles. The Morgan fingerprint density at radius 2 is 1.89 bits per heavy atom. The predicted octanol–water partition coefficient (Wildman–Crippen LogP) is 3.82. The molecule has 0 radical (unpaired) electrons. The molecule has 0 amide bonds. The second-order valence-corrected chi connectivity index (χ2v) is 4.84. The Morgan fingerprint density at radius 1 is 1.16 bits per heavy atom. The molecule has 2 aromatic rings. The normalized spacial score (nSPS) is 12.2. The van der Waals surface area contributed by atoms with Crippen molar-refractivity contribution in [2.24, 2.45) is 5.73 Å². The summed E-state index contributed by atoms with van der Waals surface area (Å²) in [6.07, 6.45) is 0.791. The number of nitrogens with two attached hydrogens (primary N) is 1. The second-order valence-electron chi connectivity index (χ2n) is 4.84. The standard InChI is InChI=1S/C16H18FNO/c1-11-6-7-15(10-16(11)17)19-14-5-3-4-13(9-14)8-12(2)18/h3-7,9-10,12H,8,18H2,1-2H3. The van der Waals surface area contributed by atoms with Crippen LogP contribution in [0.3, 0.4) is 0 Å². The van der Waals surface area contributed by atoms with Crippen molar-refractivity contribution in [1.29, 1.82) is 0 Å². The van der Waals surface area contributed by atoms with Crippen LogP contribution in [0, 0.1) is 12.7 Å². The van der Waals surface area contributed by atoms with Crippen LogP contribution in [0.2, 0.25) is 0 Å². The second kappa shape index (κ2) is 5.85. The van der Waals surface area contributed by atoms with E-state index in [1.54, 1.807) is 19.1 Å². The number of hydrogen-bond donors (Lipinski definition) is 1. The number of benzene rings is 2. The third-order valence-electron chi connectivity index (χ3n) is 2.84. The van der Waals surface area contributed by atoms with Crippen LogP contribution in [-0.2, 0) is 6.42 Å². The highest BCUT2D eigenvalue weighted by atomic mass is 19.1. The summed E-state index contributed by atoms with van der Waals surface area (Å²) in [6.45, 7) is 3.69. The zero-order valence-electron chi connectivity index (χ0n) is 11.2. The minimum Gasteiger partial charge on any atom is -0.457 e. The lowest BCUT2D eigenvalue weighted by Gasteiger charge is -2.09. The maximum Gasteiger partial charge on any atom is 0.130 e. The summed E-state index contributed by atoms with van der Waals surface area (Å²) in [7, 11) is 0. The van der Waals surface area contributed by atoms with Crippen LogP contribution in [0.1, 0.15) is 18.1 Å². The molecular formula is C16H18FNO. The van der Waals surface area contributed by atoms with E-state index in [1.807, 2.05) is 31.2 Å². The summed E-state index contributed by atoms with van der Waals surface area (Å²) >= 11 is 0. The lowest BCUT2D eigenvalue weighted by Crippen LogP contribution is -2.17. The lowest BCUT2D eigenvalue weighted by molar-refractivity contribution is 0.475. The van der Waals surface area contributed by atoms with Gasteiger partial charge in [-0.25, -0.2) is 4.39 Å². The fraction of sp³-hybridized carbons (Fsp3) is 0.250. The van der Waals surface area contributed by atoms with E-state index in [0.29, 0.717) is 17.1 Å². The van der Waals surface area contributed by atoms with Gasteiger partial charge in [-0.1, -0.05) is 18.2 Å². The van der Waals surface area contributed by atoms with Crippen LogP contribution in [0.5, 0.6) is 11.5 Å². The molecule has 1 unspecified atom stereocenters. The van der Waals surface area contributed by atoms with Crippen molar-refractivity contribution in [3.05, 3.63) is 59.4 Å². The predicted molar refractivity (Wildman–Crippen MR) is 75.0 cm³/mol. The average molecular weight is 259 g/mol. The van der Waals surface area contributed by atoms with Gasteiger partial charge in [0.05, 0.1) is 0 Å². The van der Waals surface area contributed by atoms with Gasteiger partial charge in [0.2, 0.25) is 0 Å². The molecule has 0 heterocycles. The number of hydrogen-bond acceptors (Lipinski definition) is 2. The van der Waals surface area contributed by atoms with E-state index in [9.17, 15) is 4.39 Å². The van der Waals surface area contributed by atoms with Gasteiger partial charge in [-0.2, -0.15) is 0 Å². The van der Waals surface area contributed by atoms with E-state index in [1.165, 1.54) is 6.07 Å². The molecule has 0 aromatic heterocycles. The van der Waals surface area contributed by atoms with Gasteiger partial charge in [-0.05, 0) is 49.6 Å². The lowest BCUT2D eigenvalue weighted by atomic mass is 10.1. The van der Waals surface area contributed by atoms with Gasteiger partial charge in [0, 0.05) is 12.1 Å². The topological polar surface area (TPSA) is 35.2 Å². The largest absolute Gasteiger partial charge is 0.457 e. The molecule has 0 bridgehead atoms. The highest BCUT2D eigenvalue weighted by Gasteiger charge is 2.04. The molecule has 0 aliphatic rings. The molecule has 0 spiro atoms. The van der Waals surface area contributed by atoms with Crippen molar-refractivity contribution in [3.63, 3.8) is 0 Å². The van der Waals surface area contributed by atoms with E-state index >= 15 is 0 Å². The smallest absolute Gasteiger partial charge is 0.130 e. The molecule has 0 fully saturated rings. The van der Waals surface area contributed by atoms with Gasteiger partial charge >= 0.3 is 0 Å². The first-order valence-corrected chi connectivity index (χ1v) is 6.33. The van der Waals surface area contributed by atoms with Crippen molar-refractivity contribution in [2.75, 3.05) is 0 Å². The molecule has 0 saturated carbocycles. The SMILES string of the molecule is Cc1ccc(Oc2cccc(CC(C)N)c2)cc1F. The van der Waals surface area contributed by atoms with E-state index in [2.05, 4.69) is 0 Å². The Labute approximate surface area is 113 Å². The van der Waals surface area contributed by atoms with Gasteiger partial charge in [0.15, 0.2) is 0 Å². The minimum absolute atomic E-state index is 0.104. The van der Waals surface area contributed by atoms with Gasteiger partial charge in [-0.15, -0.1) is 0 Å².